The Morgan fingerprint density at radius 2 is 1.92 bits per heavy atom. The minimum absolute atomic E-state index is 0.229. The molecule has 2 aromatic carbocycles. The Kier molecular flexibility index (Phi) is 3.74. The Labute approximate surface area is 137 Å². The highest BCUT2D eigenvalue weighted by atomic mass is 19.1. The summed E-state index contributed by atoms with van der Waals surface area (Å²) in [7, 11) is 0. The van der Waals surface area contributed by atoms with Crippen LogP contribution in [-0.2, 0) is 4.74 Å². The maximum absolute atomic E-state index is 13.9. The van der Waals surface area contributed by atoms with Crippen LogP contribution < -0.4 is 10.5 Å². The van der Waals surface area contributed by atoms with E-state index in [-0.39, 0.29) is 11.4 Å². The zero-order valence-electron chi connectivity index (χ0n) is 13.0. The number of morpholine rings is 1. The molecular weight excluding hydrogens is 309 g/mol. The SMILES string of the molecule is O=c1[nH]c(-c2cc(F)ccc2N2CCOCC2)nc2ccccc12. The van der Waals surface area contributed by atoms with Gasteiger partial charge in [0.15, 0.2) is 0 Å². The number of hydrogen-bond acceptors (Lipinski definition) is 4. The number of halogens is 1. The smallest absolute Gasteiger partial charge is 0.259 e. The van der Waals surface area contributed by atoms with E-state index in [4.69, 9.17) is 4.74 Å². The highest BCUT2D eigenvalue weighted by Crippen LogP contribution is 2.30. The van der Waals surface area contributed by atoms with Crippen LogP contribution in [0.1, 0.15) is 0 Å². The fourth-order valence-corrected chi connectivity index (χ4v) is 2.99. The number of nitrogens with one attached hydrogen (secondary N) is 1. The molecule has 0 unspecified atom stereocenters. The Hall–Kier alpha value is -2.73. The first kappa shape index (κ1) is 14.8. The number of hydrogen-bond donors (Lipinski definition) is 1. The van der Waals surface area contributed by atoms with Crippen LogP contribution in [0.4, 0.5) is 10.1 Å². The molecule has 1 aromatic heterocycles. The van der Waals surface area contributed by atoms with Crippen molar-refractivity contribution in [3.05, 3.63) is 58.6 Å². The van der Waals surface area contributed by atoms with Crippen molar-refractivity contribution in [3.8, 4) is 11.4 Å². The van der Waals surface area contributed by atoms with Crippen LogP contribution in [-0.4, -0.2) is 36.3 Å². The summed E-state index contributed by atoms with van der Waals surface area (Å²) >= 11 is 0. The van der Waals surface area contributed by atoms with Gasteiger partial charge in [0, 0.05) is 24.3 Å². The number of H-pyrrole nitrogens is 1. The van der Waals surface area contributed by atoms with Crippen LogP contribution in [0.25, 0.3) is 22.3 Å². The summed E-state index contributed by atoms with van der Waals surface area (Å²) in [6.07, 6.45) is 0. The second-order valence-electron chi connectivity index (χ2n) is 5.69. The molecule has 2 heterocycles. The lowest BCUT2D eigenvalue weighted by Gasteiger charge is -2.30. The quantitative estimate of drug-likeness (QED) is 0.787. The van der Waals surface area contributed by atoms with E-state index in [2.05, 4.69) is 14.9 Å². The van der Waals surface area contributed by atoms with Gasteiger partial charge in [0.25, 0.3) is 5.56 Å². The highest BCUT2D eigenvalue weighted by molar-refractivity contribution is 5.82. The fourth-order valence-electron chi connectivity index (χ4n) is 2.99. The van der Waals surface area contributed by atoms with Crippen molar-refractivity contribution in [1.82, 2.24) is 9.97 Å². The lowest BCUT2D eigenvalue weighted by atomic mass is 10.1. The van der Waals surface area contributed by atoms with E-state index >= 15 is 0 Å². The number of benzene rings is 2. The van der Waals surface area contributed by atoms with Gasteiger partial charge in [-0.05, 0) is 30.3 Å². The van der Waals surface area contributed by atoms with E-state index < -0.39 is 0 Å². The van der Waals surface area contributed by atoms with Crippen LogP contribution in [0.2, 0.25) is 0 Å². The molecule has 1 saturated heterocycles. The summed E-state index contributed by atoms with van der Waals surface area (Å²) in [5.74, 6) is 0.0116. The van der Waals surface area contributed by atoms with Gasteiger partial charge in [0.1, 0.15) is 11.6 Å². The lowest BCUT2D eigenvalue weighted by Crippen LogP contribution is -2.36. The maximum Gasteiger partial charge on any atom is 0.259 e. The van der Waals surface area contributed by atoms with E-state index in [1.165, 1.54) is 12.1 Å². The van der Waals surface area contributed by atoms with Gasteiger partial charge in [-0.1, -0.05) is 12.1 Å². The van der Waals surface area contributed by atoms with Crippen LogP contribution in [0.15, 0.2) is 47.3 Å². The Bertz CT molecular complexity index is 948. The molecule has 0 atom stereocenters. The number of ether oxygens (including phenoxy) is 1. The zero-order valence-corrected chi connectivity index (χ0v) is 13.0. The number of fused-ring (bicyclic) bond motifs is 1. The summed E-state index contributed by atoms with van der Waals surface area (Å²) in [5.41, 5.74) is 1.79. The first-order valence-electron chi connectivity index (χ1n) is 7.84. The number of nitrogens with zero attached hydrogens (tertiary/aromatic N) is 2. The molecule has 3 aromatic rings. The molecule has 122 valence electrons. The fraction of sp³-hybridized carbons (Fsp3) is 0.222. The van der Waals surface area contributed by atoms with Crippen molar-refractivity contribution in [3.63, 3.8) is 0 Å². The second kappa shape index (κ2) is 6.05. The Balaban J connectivity index is 1.89. The van der Waals surface area contributed by atoms with Gasteiger partial charge in [-0.15, -0.1) is 0 Å². The van der Waals surface area contributed by atoms with Crippen molar-refractivity contribution in [2.45, 2.75) is 0 Å². The first-order chi connectivity index (χ1) is 11.7. The largest absolute Gasteiger partial charge is 0.378 e. The van der Waals surface area contributed by atoms with Crippen molar-refractivity contribution < 1.29 is 9.13 Å². The number of para-hydroxylation sites is 1. The molecule has 0 amide bonds. The second-order valence-corrected chi connectivity index (χ2v) is 5.69. The molecule has 0 aliphatic carbocycles. The molecule has 0 radical (unpaired) electrons. The first-order valence-corrected chi connectivity index (χ1v) is 7.84. The molecule has 6 heteroatoms. The van der Waals surface area contributed by atoms with E-state index in [9.17, 15) is 9.18 Å². The van der Waals surface area contributed by atoms with Gasteiger partial charge in [-0.3, -0.25) is 4.79 Å². The molecule has 0 bridgehead atoms. The van der Waals surface area contributed by atoms with Gasteiger partial charge < -0.3 is 14.6 Å². The van der Waals surface area contributed by atoms with Gasteiger partial charge in [-0.2, -0.15) is 0 Å². The van der Waals surface area contributed by atoms with Gasteiger partial charge in [-0.25, -0.2) is 9.37 Å². The summed E-state index contributed by atoms with van der Waals surface area (Å²) in [6, 6.07) is 11.7. The molecule has 1 aliphatic rings. The molecule has 0 saturated carbocycles. The predicted molar refractivity (Wildman–Crippen MR) is 90.8 cm³/mol. The van der Waals surface area contributed by atoms with E-state index in [1.807, 2.05) is 6.07 Å². The maximum atomic E-state index is 13.9. The van der Waals surface area contributed by atoms with Crippen molar-refractivity contribution in [2.75, 3.05) is 31.2 Å². The number of rotatable bonds is 2. The van der Waals surface area contributed by atoms with Crippen LogP contribution in [0.3, 0.4) is 0 Å². The van der Waals surface area contributed by atoms with Crippen LogP contribution in [0.5, 0.6) is 0 Å². The third-order valence-electron chi connectivity index (χ3n) is 4.18. The molecule has 1 aliphatic heterocycles. The normalized spacial score (nSPS) is 15.0. The third-order valence-corrected chi connectivity index (χ3v) is 4.18. The predicted octanol–water partition coefficient (Wildman–Crippen LogP) is 2.57. The third kappa shape index (κ3) is 2.65. The highest BCUT2D eigenvalue weighted by Gasteiger charge is 2.18. The topological polar surface area (TPSA) is 58.2 Å². The molecule has 4 rings (SSSR count). The van der Waals surface area contributed by atoms with Crippen molar-refractivity contribution in [2.24, 2.45) is 0 Å². The molecule has 5 nitrogen and oxygen atoms in total. The molecular formula is C18H16FN3O2. The van der Waals surface area contributed by atoms with E-state index in [1.54, 1.807) is 24.3 Å². The van der Waals surface area contributed by atoms with E-state index in [0.717, 1.165) is 18.8 Å². The Morgan fingerprint density at radius 1 is 1.12 bits per heavy atom. The monoisotopic (exact) mass is 325 g/mol. The van der Waals surface area contributed by atoms with Crippen LogP contribution >= 0.6 is 0 Å². The summed E-state index contributed by atoms with van der Waals surface area (Å²) in [4.78, 5) is 21.7. The van der Waals surface area contributed by atoms with Crippen molar-refractivity contribution >= 4 is 16.6 Å². The van der Waals surface area contributed by atoms with Gasteiger partial charge in [0.05, 0.1) is 24.1 Å². The average Bonchev–Trinajstić information content (AvgIpc) is 2.62. The van der Waals surface area contributed by atoms with Gasteiger partial charge >= 0.3 is 0 Å². The minimum atomic E-state index is -0.363. The summed E-state index contributed by atoms with van der Waals surface area (Å²) in [6.45, 7) is 2.68. The molecule has 1 fully saturated rings. The molecule has 24 heavy (non-hydrogen) atoms. The minimum Gasteiger partial charge on any atom is -0.378 e. The summed E-state index contributed by atoms with van der Waals surface area (Å²) < 4.78 is 19.2. The average molecular weight is 325 g/mol. The number of aromatic nitrogens is 2. The van der Waals surface area contributed by atoms with Crippen LogP contribution in [0, 0.1) is 5.82 Å². The standard InChI is InChI=1S/C18H16FN3O2/c19-12-5-6-16(22-7-9-24-10-8-22)14(11-12)17-20-15-4-2-1-3-13(15)18(23)21-17/h1-6,11H,7-10H2,(H,20,21,23). The molecule has 0 spiro atoms. The number of aromatic amines is 1. The van der Waals surface area contributed by atoms with Crippen molar-refractivity contribution in [1.29, 1.82) is 0 Å². The lowest BCUT2D eigenvalue weighted by molar-refractivity contribution is 0.122. The number of anilines is 1. The zero-order chi connectivity index (χ0) is 16.5. The van der Waals surface area contributed by atoms with E-state index in [0.29, 0.717) is 35.5 Å². The van der Waals surface area contributed by atoms with Gasteiger partial charge in [0.2, 0.25) is 0 Å². The molecule has 1 N–H and O–H groups in total. The Morgan fingerprint density at radius 3 is 2.75 bits per heavy atom. The summed E-state index contributed by atoms with van der Waals surface area (Å²) in [5, 5.41) is 0.519.